The molecule has 0 radical (unpaired) electrons. The molecule has 0 spiro atoms. The third kappa shape index (κ3) is 2.88. The minimum Gasteiger partial charge on any atom is -0.329 e. The molecule has 0 saturated carbocycles. The van der Waals surface area contributed by atoms with Crippen LogP contribution < -0.4 is 5.73 Å². The molecule has 0 amide bonds. The largest absolute Gasteiger partial charge is 0.329 e. The molecule has 1 aliphatic rings. The predicted molar refractivity (Wildman–Crippen MR) is 76.7 cm³/mol. The van der Waals surface area contributed by atoms with Crippen molar-refractivity contribution in [3.63, 3.8) is 0 Å². The van der Waals surface area contributed by atoms with Gasteiger partial charge in [0, 0.05) is 51.5 Å². The van der Waals surface area contributed by atoms with Gasteiger partial charge in [0.1, 0.15) is 4.90 Å². The first-order valence-electron chi connectivity index (χ1n) is 6.71. The quantitative estimate of drug-likeness (QED) is 0.808. The van der Waals surface area contributed by atoms with Crippen LogP contribution in [0, 0.1) is 0 Å². The molecule has 0 bridgehead atoms. The van der Waals surface area contributed by atoms with E-state index in [1.165, 1.54) is 21.4 Å². The van der Waals surface area contributed by atoms with Crippen LogP contribution in [0.25, 0.3) is 0 Å². The number of sulfonamides is 1. The lowest BCUT2D eigenvalue weighted by Crippen LogP contribution is -2.58. The fourth-order valence-corrected chi connectivity index (χ4v) is 3.75. The van der Waals surface area contributed by atoms with Crippen molar-refractivity contribution in [2.24, 2.45) is 12.8 Å². The van der Waals surface area contributed by atoms with Crippen molar-refractivity contribution in [3.8, 4) is 0 Å². The summed E-state index contributed by atoms with van der Waals surface area (Å²) in [5.74, 6) is 0. The van der Waals surface area contributed by atoms with Crippen LogP contribution in [-0.2, 0) is 17.1 Å². The van der Waals surface area contributed by atoms with Crippen LogP contribution >= 0.6 is 0 Å². The van der Waals surface area contributed by atoms with Crippen molar-refractivity contribution >= 4 is 10.0 Å². The zero-order valence-corrected chi connectivity index (χ0v) is 13.1. The van der Waals surface area contributed by atoms with Gasteiger partial charge in [-0.05, 0) is 13.8 Å². The van der Waals surface area contributed by atoms with Gasteiger partial charge in [0.05, 0.1) is 6.20 Å². The van der Waals surface area contributed by atoms with Gasteiger partial charge in [-0.3, -0.25) is 9.58 Å². The molecule has 0 atom stereocenters. The Hall–Kier alpha value is -0.960. The van der Waals surface area contributed by atoms with Crippen molar-refractivity contribution in [1.29, 1.82) is 0 Å². The predicted octanol–water partition coefficient (Wildman–Crippen LogP) is -0.536. The summed E-state index contributed by atoms with van der Waals surface area (Å²) in [4.78, 5) is 2.49. The monoisotopic (exact) mass is 301 g/mol. The second-order valence-electron chi connectivity index (χ2n) is 5.76. The molecular formula is C12H23N5O2S. The van der Waals surface area contributed by atoms with E-state index >= 15 is 0 Å². The van der Waals surface area contributed by atoms with Gasteiger partial charge >= 0.3 is 0 Å². The van der Waals surface area contributed by atoms with Crippen LogP contribution in [0.3, 0.4) is 0 Å². The van der Waals surface area contributed by atoms with E-state index in [1.807, 2.05) is 0 Å². The number of nitrogens with zero attached hydrogens (tertiary/aromatic N) is 4. The Balaban J connectivity index is 2.07. The highest BCUT2D eigenvalue weighted by Gasteiger charge is 2.33. The van der Waals surface area contributed by atoms with Gasteiger partial charge in [0.2, 0.25) is 10.0 Å². The molecule has 7 nitrogen and oxygen atoms in total. The Labute approximate surface area is 120 Å². The Bertz CT molecular complexity index is 558. The van der Waals surface area contributed by atoms with Crippen molar-refractivity contribution in [3.05, 3.63) is 12.4 Å². The molecule has 0 aliphatic carbocycles. The van der Waals surface area contributed by atoms with E-state index in [0.717, 1.165) is 0 Å². The van der Waals surface area contributed by atoms with Crippen LogP contribution in [0.1, 0.15) is 13.8 Å². The summed E-state index contributed by atoms with van der Waals surface area (Å²) < 4.78 is 27.9. The van der Waals surface area contributed by atoms with E-state index in [9.17, 15) is 8.42 Å². The number of rotatable bonds is 4. The summed E-state index contributed by atoms with van der Waals surface area (Å²) in [6.07, 6.45) is 2.93. The van der Waals surface area contributed by atoms with Gasteiger partial charge in [-0.2, -0.15) is 9.40 Å². The van der Waals surface area contributed by atoms with Crippen LogP contribution in [0.2, 0.25) is 0 Å². The minimum atomic E-state index is -3.42. The highest BCUT2D eigenvalue weighted by molar-refractivity contribution is 7.89. The van der Waals surface area contributed by atoms with Gasteiger partial charge in [-0.1, -0.05) is 0 Å². The first-order chi connectivity index (χ1) is 9.27. The zero-order chi connectivity index (χ0) is 15.0. The molecule has 2 N–H and O–H groups in total. The van der Waals surface area contributed by atoms with Crippen LogP contribution in [0.4, 0.5) is 0 Å². The standard InChI is InChI=1S/C12H23N5O2S/c1-12(2,10-13)16-4-6-17(7-5-16)20(18,19)11-8-14-15(3)9-11/h8-9H,4-7,10,13H2,1-3H3. The summed E-state index contributed by atoms with van der Waals surface area (Å²) in [5.41, 5.74) is 5.67. The minimum absolute atomic E-state index is 0.0931. The zero-order valence-electron chi connectivity index (χ0n) is 12.3. The average molecular weight is 301 g/mol. The molecule has 2 heterocycles. The van der Waals surface area contributed by atoms with Crippen LogP contribution in [0.15, 0.2) is 17.3 Å². The SMILES string of the molecule is Cn1cc(S(=O)(=O)N2CCN(C(C)(C)CN)CC2)cn1. The molecule has 1 fully saturated rings. The van der Waals surface area contributed by atoms with Crippen molar-refractivity contribution in [2.45, 2.75) is 24.3 Å². The molecule has 2 rings (SSSR count). The lowest BCUT2D eigenvalue weighted by molar-refractivity contribution is 0.0850. The summed E-state index contributed by atoms with van der Waals surface area (Å²) in [5, 5.41) is 3.93. The van der Waals surface area contributed by atoms with Gasteiger partial charge in [-0.15, -0.1) is 0 Å². The summed E-state index contributed by atoms with van der Waals surface area (Å²) in [6.45, 7) is 7.09. The van der Waals surface area contributed by atoms with E-state index in [2.05, 4.69) is 23.8 Å². The van der Waals surface area contributed by atoms with Gasteiger partial charge < -0.3 is 5.73 Å². The molecule has 0 unspecified atom stereocenters. The Morgan fingerprint density at radius 2 is 1.90 bits per heavy atom. The number of hydrogen-bond donors (Lipinski definition) is 1. The fraction of sp³-hybridized carbons (Fsp3) is 0.750. The highest BCUT2D eigenvalue weighted by Crippen LogP contribution is 2.20. The van der Waals surface area contributed by atoms with Gasteiger partial charge in [-0.25, -0.2) is 8.42 Å². The first-order valence-corrected chi connectivity index (χ1v) is 8.15. The Morgan fingerprint density at radius 1 is 1.30 bits per heavy atom. The van der Waals surface area contributed by atoms with E-state index < -0.39 is 10.0 Å². The molecule has 1 aromatic heterocycles. The van der Waals surface area contributed by atoms with E-state index in [4.69, 9.17) is 5.73 Å². The van der Waals surface area contributed by atoms with Gasteiger partial charge in [0.15, 0.2) is 0 Å². The molecule has 1 aliphatic heterocycles. The third-order valence-corrected chi connectivity index (χ3v) is 5.76. The molecule has 8 heteroatoms. The van der Waals surface area contributed by atoms with Crippen LogP contribution in [-0.4, -0.2) is 65.7 Å². The third-order valence-electron chi connectivity index (χ3n) is 3.91. The summed E-state index contributed by atoms with van der Waals surface area (Å²) in [7, 11) is -1.72. The van der Waals surface area contributed by atoms with Crippen molar-refractivity contribution in [1.82, 2.24) is 19.0 Å². The molecule has 114 valence electrons. The normalized spacial score (nSPS) is 19.4. The topological polar surface area (TPSA) is 84.5 Å². The maximum absolute atomic E-state index is 12.5. The fourth-order valence-electron chi connectivity index (χ4n) is 2.34. The molecule has 20 heavy (non-hydrogen) atoms. The maximum atomic E-state index is 12.5. The summed E-state index contributed by atoms with van der Waals surface area (Å²) in [6, 6.07) is 0. The number of nitrogens with two attached hydrogens (primary N) is 1. The number of piperazine rings is 1. The second-order valence-corrected chi connectivity index (χ2v) is 7.70. The average Bonchev–Trinajstić information content (AvgIpc) is 2.86. The summed E-state index contributed by atoms with van der Waals surface area (Å²) >= 11 is 0. The lowest BCUT2D eigenvalue weighted by Gasteiger charge is -2.42. The molecule has 1 saturated heterocycles. The van der Waals surface area contributed by atoms with Crippen molar-refractivity contribution in [2.75, 3.05) is 32.7 Å². The molecule has 0 aromatic carbocycles. The Kier molecular flexibility index (Phi) is 4.19. The van der Waals surface area contributed by atoms with E-state index in [0.29, 0.717) is 32.7 Å². The first kappa shape index (κ1) is 15.4. The van der Waals surface area contributed by atoms with E-state index in [-0.39, 0.29) is 10.4 Å². The molecule has 1 aromatic rings. The number of hydrogen-bond acceptors (Lipinski definition) is 5. The Morgan fingerprint density at radius 3 is 2.35 bits per heavy atom. The smallest absolute Gasteiger partial charge is 0.246 e. The van der Waals surface area contributed by atoms with Crippen molar-refractivity contribution < 1.29 is 8.42 Å². The second kappa shape index (κ2) is 5.44. The highest BCUT2D eigenvalue weighted by atomic mass is 32.2. The number of aryl methyl sites for hydroxylation is 1. The van der Waals surface area contributed by atoms with E-state index in [1.54, 1.807) is 7.05 Å². The maximum Gasteiger partial charge on any atom is 0.246 e. The molecular weight excluding hydrogens is 278 g/mol. The lowest BCUT2D eigenvalue weighted by atomic mass is 10.0. The van der Waals surface area contributed by atoms with Gasteiger partial charge in [0.25, 0.3) is 0 Å². The number of aromatic nitrogens is 2. The van der Waals surface area contributed by atoms with Crippen LogP contribution in [0.5, 0.6) is 0 Å².